The molecule has 2 unspecified atom stereocenters. The fourth-order valence-corrected chi connectivity index (χ4v) is 2.96. The maximum absolute atomic E-state index is 6.25. The molecule has 90 valence electrons. The van der Waals surface area contributed by atoms with Gasteiger partial charge in [-0.1, -0.05) is 18.5 Å². The van der Waals surface area contributed by atoms with Gasteiger partial charge in [-0.3, -0.25) is 4.68 Å². The van der Waals surface area contributed by atoms with Gasteiger partial charge in [0, 0.05) is 18.5 Å². The number of halogens is 1. The van der Waals surface area contributed by atoms with Gasteiger partial charge in [0.15, 0.2) is 0 Å². The third kappa shape index (κ3) is 2.25. The lowest BCUT2D eigenvalue weighted by Crippen LogP contribution is -2.21. The van der Waals surface area contributed by atoms with E-state index in [-0.39, 0.29) is 0 Å². The van der Waals surface area contributed by atoms with Crippen molar-refractivity contribution >= 4 is 11.6 Å². The number of rotatable bonds is 4. The minimum absolute atomic E-state index is 0.582. The Balaban J connectivity index is 2.16. The molecular weight excluding hydrogens is 222 g/mol. The summed E-state index contributed by atoms with van der Waals surface area (Å²) in [5, 5.41) is 8.56. The standard InChI is InChI=1S/C12H20ClN3/c1-3-6-16-12(11(13)8-15-16)9-4-5-10(7-9)14-2/h8-10,14H,3-7H2,1-2H3. The molecule has 0 spiro atoms. The summed E-state index contributed by atoms with van der Waals surface area (Å²) in [4.78, 5) is 0. The fourth-order valence-electron chi connectivity index (χ4n) is 2.66. The lowest BCUT2D eigenvalue weighted by molar-refractivity contribution is 0.523. The van der Waals surface area contributed by atoms with Crippen molar-refractivity contribution in [3.63, 3.8) is 0 Å². The van der Waals surface area contributed by atoms with Gasteiger partial charge in [-0.15, -0.1) is 0 Å². The number of nitrogens with zero attached hydrogens (tertiary/aromatic N) is 2. The monoisotopic (exact) mass is 241 g/mol. The van der Waals surface area contributed by atoms with Crippen molar-refractivity contribution in [3.8, 4) is 0 Å². The van der Waals surface area contributed by atoms with Crippen molar-refractivity contribution in [1.82, 2.24) is 15.1 Å². The summed E-state index contributed by atoms with van der Waals surface area (Å²) in [6, 6.07) is 0.644. The normalized spacial score (nSPS) is 25.2. The molecule has 0 amide bonds. The maximum atomic E-state index is 6.25. The first kappa shape index (κ1) is 11.9. The van der Waals surface area contributed by atoms with E-state index in [0.29, 0.717) is 12.0 Å². The van der Waals surface area contributed by atoms with E-state index in [1.165, 1.54) is 25.0 Å². The first-order valence-electron chi connectivity index (χ1n) is 6.14. The zero-order valence-electron chi connectivity index (χ0n) is 10.0. The Morgan fingerprint density at radius 3 is 3.00 bits per heavy atom. The number of nitrogens with one attached hydrogen (secondary N) is 1. The van der Waals surface area contributed by atoms with Crippen LogP contribution in [0.3, 0.4) is 0 Å². The average Bonchev–Trinajstić information content (AvgIpc) is 2.86. The second kappa shape index (κ2) is 5.19. The van der Waals surface area contributed by atoms with E-state index in [4.69, 9.17) is 11.6 Å². The molecule has 1 aliphatic carbocycles. The van der Waals surface area contributed by atoms with Crippen LogP contribution in [0.25, 0.3) is 0 Å². The van der Waals surface area contributed by atoms with Crippen LogP contribution in [-0.4, -0.2) is 22.9 Å². The smallest absolute Gasteiger partial charge is 0.0820 e. The van der Waals surface area contributed by atoms with Crippen molar-refractivity contribution in [1.29, 1.82) is 0 Å². The van der Waals surface area contributed by atoms with Gasteiger partial charge in [0.05, 0.1) is 16.9 Å². The maximum Gasteiger partial charge on any atom is 0.0820 e. The van der Waals surface area contributed by atoms with E-state index in [2.05, 4.69) is 22.0 Å². The van der Waals surface area contributed by atoms with E-state index in [0.717, 1.165) is 18.0 Å². The molecule has 1 saturated carbocycles. The largest absolute Gasteiger partial charge is 0.317 e. The van der Waals surface area contributed by atoms with Gasteiger partial charge in [0.25, 0.3) is 0 Å². The third-order valence-electron chi connectivity index (χ3n) is 3.50. The Morgan fingerprint density at radius 2 is 2.38 bits per heavy atom. The van der Waals surface area contributed by atoms with Crippen LogP contribution < -0.4 is 5.32 Å². The molecule has 0 radical (unpaired) electrons. The molecule has 4 heteroatoms. The van der Waals surface area contributed by atoms with Crippen molar-refractivity contribution in [2.45, 2.75) is 51.1 Å². The van der Waals surface area contributed by atoms with Crippen LogP contribution in [0.15, 0.2) is 6.20 Å². The molecule has 1 aromatic rings. The molecule has 0 aromatic carbocycles. The summed E-state index contributed by atoms with van der Waals surface area (Å²) in [5.41, 5.74) is 1.25. The minimum atomic E-state index is 0.582. The van der Waals surface area contributed by atoms with E-state index >= 15 is 0 Å². The zero-order valence-corrected chi connectivity index (χ0v) is 10.8. The number of hydrogen-bond acceptors (Lipinski definition) is 2. The predicted octanol–water partition coefficient (Wildman–Crippen LogP) is 2.80. The van der Waals surface area contributed by atoms with Crippen molar-refractivity contribution in [3.05, 3.63) is 16.9 Å². The highest BCUT2D eigenvalue weighted by Crippen LogP contribution is 2.37. The molecule has 2 atom stereocenters. The highest BCUT2D eigenvalue weighted by atomic mass is 35.5. The molecule has 0 bridgehead atoms. The molecular formula is C12H20ClN3. The molecule has 1 aromatic heterocycles. The van der Waals surface area contributed by atoms with Crippen molar-refractivity contribution < 1.29 is 0 Å². The van der Waals surface area contributed by atoms with Gasteiger partial charge >= 0.3 is 0 Å². The second-order valence-corrected chi connectivity index (χ2v) is 5.00. The first-order chi connectivity index (χ1) is 7.76. The molecule has 1 aliphatic rings. The molecule has 0 aliphatic heterocycles. The van der Waals surface area contributed by atoms with Gasteiger partial charge in [-0.25, -0.2) is 0 Å². The van der Waals surface area contributed by atoms with E-state index in [9.17, 15) is 0 Å². The quantitative estimate of drug-likeness (QED) is 0.879. The van der Waals surface area contributed by atoms with Crippen LogP contribution in [0.2, 0.25) is 5.02 Å². The minimum Gasteiger partial charge on any atom is -0.317 e. The van der Waals surface area contributed by atoms with Crippen molar-refractivity contribution in [2.24, 2.45) is 0 Å². The van der Waals surface area contributed by atoms with Crippen LogP contribution in [0.1, 0.15) is 44.2 Å². The number of aryl methyl sites for hydroxylation is 1. The molecule has 16 heavy (non-hydrogen) atoms. The third-order valence-corrected chi connectivity index (χ3v) is 3.79. The van der Waals surface area contributed by atoms with Crippen molar-refractivity contribution in [2.75, 3.05) is 7.05 Å². The Labute approximate surface area is 102 Å². The van der Waals surface area contributed by atoms with E-state index in [1.54, 1.807) is 6.20 Å². The van der Waals surface area contributed by atoms with Crippen LogP contribution in [0, 0.1) is 0 Å². The summed E-state index contributed by atoms with van der Waals surface area (Å²) in [7, 11) is 2.04. The van der Waals surface area contributed by atoms with Gasteiger partial charge in [0.1, 0.15) is 0 Å². The van der Waals surface area contributed by atoms with Gasteiger partial charge in [-0.2, -0.15) is 5.10 Å². The predicted molar refractivity (Wildman–Crippen MR) is 67.0 cm³/mol. The average molecular weight is 242 g/mol. The summed E-state index contributed by atoms with van der Waals surface area (Å²) >= 11 is 6.25. The highest BCUT2D eigenvalue weighted by molar-refractivity contribution is 6.31. The number of aromatic nitrogens is 2. The van der Waals surface area contributed by atoms with Crippen LogP contribution >= 0.6 is 11.6 Å². The SMILES string of the molecule is CCCn1ncc(Cl)c1C1CCC(NC)C1. The summed E-state index contributed by atoms with van der Waals surface area (Å²) in [5.74, 6) is 0.582. The van der Waals surface area contributed by atoms with Gasteiger partial charge in [0.2, 0.25) is 0 Å². The second-order valence-electron chi connectivity index (χ2n) is 4.60. The van der Waals surface area contributed by atoms with Gasteiger partial charge < -0.3 is 5.32 Å². The highest BCUT2D eigenvalue weighted by Gasteiger charge is 2.28. The first-order valence-corrected chi connectivity index (χ1v) is 6.52. The summed E-state index contributed by atoms with van der Waals surface area (Å²) in [6.07, 6.45) is 6.55. The Kier molecular flexibility index (Phi) is 3.87. The fraction of sp³-hybridized carbons (Fsp3) is 0.750. The molecule has 1 N–H and O–H groups in total. The molecule has 2 rings (SSSR count). The van der Waals surface area contributed by atoms with Crippen LogP contribution in [-0.2, 0) is 6.54 Å². The topological polar surface area (TPSA) is 29.9 Å². The lowest BCUT2D eigenvalue weighted by Gasteiger charge is -2.14. The van der Waals surface area contributed by atoms with E-state index in [1.807, 2.05) is 7.05 Å². The van der Waals surface area contributed by atoms with Gasteiger partial charge in [-0.05, 0) is 32.7 Å². The molecule has 0 saturated heterocycles. The van der Waals surface area contributed by atoms with E-state index < -0.39 is 0 Å². The summed E-state index contributed by atoms with van der Waals surface area (Å²) < 4.78 is 2.09. The van der Waals surface area contributed by atoms with Crippen LogP contribution in [0.4, 0.5) is 0 Å². The molecule has 1 fully saturated rings. The Bertz CT molecular complexity index is 348. The Morgan fingerprint density at radius 1 is 1.56 bits per heavy atom. The number of hydrogen-bond donors (Lipinski definition) is 1. The zero-order chi connectivity index (χ0) is 11.5. The summed E-state index contributed by atoms with van der Waals surface area (Å²) in [6.45, 7) is 3.15. The Hall–Kier alpha value is -0.540. The molecule has 1 heterocycles. The molecule has 3 nitrogen and oxygen atoms in total. The lowest BCUT2D eigenvalue weighted by atomic mass is 10.0. The van der Waals surface area contributed by atoms with Crippen LogP contribution in [0.5, 0.6) is 0 Å².